The molecule has 0 saturated carbocycles. The lowest BCUT2D eigenvalue weighted by molar-refractivity contribution is -0.140. The molecule has 32 heavy (non-hydrogen) atoms. The topological polar surface area (TPSA) is 89.2 Å². The van der Waals surface area contributed by atoms with Crippen LogP contribution in [0.4, 0.5) is 0 Å². The van der Waals surface area contributed by atoms with E-state index >= 15 is 0 Å². The lowest BCUT2D eigenvalue weighted by Gasteiger charge is -2.25. The van der Waals surface area contributed by atoms with Crippen molar-refractivity contribution in [1.29, 1.82) is 0 Å². The van der Waals surface area contributed by atoms with Crippen molar-refractivity contribution in [3.05, 3.63) is 87.8 Å². The summed E-state index contributed by atoms with van der Waals surface area (Å²) in [6.45, 7) is 0.0632. The number of aliphatic hydroxyl groups is 1. The molecule has 0 spiro atoms. The number of Topliss-reactive ketones (excluding diaryl/α,β-unsaturated/α-hetero) is 1. The number of ether oxygens (including phenoxy) is 2. The normalized spacial score (nSPS) is 17.6. The number of hydrogen-bond acceptors (Lipinski definition) is 6. The van der Waals surface area contributed by atoms with Crippen LogP contribution >= 0.6 is 15.9 Å². The number of furan rings is 1. The first-order chi connectivity index (χ1) is 15.4. The molecule has 1 aliphatic rings. The minimum Gasteiger partial charge on any atom is -0.507 e. The molecule has 1 aliphatic heterocycles. The van der Waals surface area contributed by atoms with Gasteiger partial charge in [0.1, 0.15) is 11.5 Å². The monoisotopic (exact) mass is 497 g/mol. The van der Waals surface area contributed by atoms with Gasteiger partial charge in [-0.2, -0.15) is 0 Å². The standard InChI is InChI=1S/C24H20BrNO6/c1-30-18-10-7-15(12-19(18)31-2)21-20(22(27)14-5-8-16(25)9-6-14)23(28)24(29)26(21)13-17-4-3-11-32-17/h3-12,21,27H,13H2,1-2H3/t21-/m1/s1. The maximum absolute atomic E-state index is 13.1. The molecular formula is C24H20BrNO6. The zero-order valence-electron chi connectivity index (χ0n) is 17.4. The minimum absolute atomic E-state index is 0.00361. The molecule has 3 aromatic rings. The van der Waals surface area contributed by atoms with E-state index in [9.17, 15) is 14.7 Å². The summed E-state index contributed by atoms with van der Waals surface area (Å²) in [5.74, 6) is -0.278. The summed E-state index contributed by atoms with van der Waals surface area (Å²) in [5.41, 5.74) is 1.01. The molecule has 164 valence electrons. The molecule has 1 N–H and O–H groups in total. The number of rotatable bonds is 6. The zero-order valence-corrected chi connectivity index (χ0v) is 19.0. The molecule has 2 aromatic carbocycles. The maximum Gasteiger partial charge on any atom is 0.296 e. The molecule has 0 bridgehead atoms. The Kier molecular flexibility index (Phi) is 6.05. The first-order valence-electron chi connectivity index (χ1n) is 9.73. The molecule has 1 fully saturated rings. The third kappa shape index (κ3) is 3.89. The third-order valence-corrected chi connectivity index (χ3v) is 5.82. The Balaban J connectivity index is 1.89. The van der Waals surface area contributed by atoms with Crippen LogP contribution in [-0.4, -0.2) is 35.9 Å². The van der Waals surface area contributed by atoms with Gasteiger partial charge in [0, 0.05) is 10.0 Å². The Labute approximate surface area is 193 Å². The molecule has 0 aliphatic carbocycles. The summed E-state index contributed by atoms with van der Waals surface area (Å²) >= 11 is 3.36. The van der Waals surface area contributed by atoms with Crippen molar-refractivity contribution in [2.45, 2.75) is 12.6 Å². The van der Waals surface area contributed by atoms with E-state index in [2.05, 4.69) is 15.9 Å². The van der Waals surface area contributed by atoms with Crippen LogP contribution in [0.3, 0.4) is 0 Å². The number of aliphatic hydroxyl groups excluding tert-OH is 1. The molecule has 4 rings (SSSR count). The molecule has 7 nitrogen and oxygen atoms in total. The first-order valence-corrected chi connectivity index (χ1v) is 10.5. The lowest BCUT2D eigenvalue weighted by atomic mass is 9.95. The van der Waals surface area contributed by atoms with Crippen molar-refractivity contribution in [3.63, 3.8) is 0 Å². The van der Waals surface area contributed by atoms with Crippen LogP contribution in [0.1, 0.15) is 22.9 Å². The number of amides is 1. The van der Waals surface area contributed by atoms with Crippen LogP contribution in [-0.2, 0) is 16.1 Å². The van der Waals surface area contributed by atoms with E-state index in [0.717, 1.165) is 4.47 Å². The van der Waals surface area contributed by atoms with E-state index in [1.807, 2.05) is 0 Å². The number of benzene rings is 2. The number of nitrogens with zero attached hydrogens (tertiary/aromatic N) is 1. The van der Waals surface area contributed by atoms with Crippen molar-refractivity contribution in [3.8, 4) is 11.5 Å². The summed E-state index contributed by atoms with van der Waals surface area (Å²) < 4.78 is 16.9. The summed E-state index contributed by atoms with van der Waals surface area (Å²) in [5, 5.41) is 11.1. The average Bonchev–Trinajstić information content (AvgIpc) is 3.41. The molecular weight excluding hydrogens is 478 g/mol. The van der Waals surface area contributed by atoms with Crippen LogP contribution in [0.5, 0.6) is 11.5 Å². The van der Waals surface area contributed by atoms with E-state index < -0.39 is 17.7 Å². The van der Waals surface area contributed by atoms with Gasteiger partial charge in [-0.3, -0.25) is 9.59 Å². The second-order valence-electron chi connectivity index (χ2n) is 7.13. The largest absolute Gasteiger partial charge is 0.507 e. The predicted molar refractivity (Wildman–Crippen MR) is 120 cm³/mol. The number of methoxy groups -OCH3 is 2. The fourth-order valence-corrected chi connectivity index (χ4v) is 4.01. The van der Waals surface area contributed by atoms with Crippen LogP contribution in [0.25, 0.3) is 5.76 Å². The Hall–Kier alpha value is -3.52. The Morgan fingerprint density at radius 3 is 2.41 bits per heavy atom. The van der Waals surface area contributed by atoms with Crippen molar-refractivity contribution in [2.75, 3.05) is 14.2 Å². The molecule has 1 amide bonds. The minimum atomic E-state index is -0.844. The second kappa shape index (κ2) is 8.92. The number of ketones is 1. The van der Waals surface area contributed by atoms with E-state index in [4.69, 9.17) is 13.9 Å². The van der Waals surface area contributed by atoms with E-state index in [0.29, 0.717) is 28.4 Å². The SMILES string of the molecule is COc1ccc([C@@H]2C(=C(O)c3ccc(Br)cc3)C(=O)C(=O)N2Cc2ccco2)cc1OC. The molecule has 1 atom stereocenters. The molecule has 1 saturated heterocycles. The summed E-state index contributed by atoms with van der Waals surface area (Å²) in [6.07, 6.45) is 1.50. The number of hydrogen-bond donors (Lipinski definition) is 1. The van der Waals surface area contributed by atoms with Crippen LogP contribution in [0, 0.1) is 0 Å². The van der Waals surface area contributed by atoms with Gasteiger partial charge < -0.3 is 23.9 Å². The highest BCUT2D eigenvalue weighted by Gasteiger charge is 2.46. The van der Waals surface area contributed by atoms with Gasteiger partial charge in [0.05, 0.1) is 38.6 Å². The molecule has 8 heteroatoms. The molecule has 0 unspecified atom stereocenters. The average molecular weight is 498 g/mol. The Morgan fingerprint density at radius 2 is 1.78 bits per heavy atom. The number of carbonyl (C=O) groups excluding carboxylic acids is 2. The van der Waals surface area contributed by atoms with Crippen LogP contribution < -0.4 is 9.47 Å². The molecule has 2 heterocycles. The highest BCUT2D eigenvalue weighted by Crippen LogP contribution is 2.42. The van der Waals surface area contributed by atoms with Crippen molar-refractivity contribution >= 4 is 33.4 Å². The van der Waals surface area contributed by atoms with Gasteiger partial charge >= 0.3 is 0 Å². The fraction of sp³-hybridized carbons (Fsp3) is 0.167. The van der Waals surface area contributed by atoms with Gasteiger partial charge in [-0.15, -0.1) is 0 Å². The van der Waals surface area contributed by atoms with Gasteiger partial charge in [-0.25, -0.2) is 0 Å². The van der Waals surface area contributed by atoms with Crippen molar-refractivity contribution in [1.82, 2.24) is 4.90 Å². The van der Waals surface area contributed by atoms with Gasteiger partial charge in [-0.05, 0) is 42.0 Å². The van der Waals surface area contributed by atoms with E-state index in [1.54, 1.807) is 54.6 Å². The Morgan fingerprint density at radius 1 is 1.06 bits per heavy atom. The highest BCUT2D eigenvalue weighted by molar-refractivity contribution is 9.10. The summed E-state index contributed by atoms with van der Waals surface area (Å²) in [4.78, 5) is 27.5. The lowest BCUT2D eigenvalue weighted by Crippen LogP contribution is -2.29. The van der Waals surface area contributed by atoms with Gasteiger partial charge in [0.2, 0.25) is 0 Å². The van der Waals surface area contributed by atoms with Gasteiger partial charge in [-0.1, -0.05) is 34.1 Å². The molecule has 1 aromatic heterocycles. The van der Waals surface area contributed by atoms with E-state index in [-0.39, 0.29) is 17.9 Å². The second-order valence-corrected chi connectivity index (χ2v) is 8.04. The first kappa shape index (κ1) is 21.7. The van der Waals surface area contributed by atoms with Gasteiger partial charge in [0.15, 0.2) is 11.5 Å². The smallest absolute Gasteiger partial charge is 0.296 e. The van der Waals surface area contributed by atoms with E-state index in [1.165, 1.54) is 25.4 Å². The van der Waals surface area contributed by atoms with Crippen molar-refractivity contribution < 1.29 is 28.6 Å². The zero-order chi connectivity index (χ0) is 22.8. The number of halogens is 1. The highest BCUT2D eigenvalue weighted by atomic mass is 79.9. The van der Waals surface area contributed by atoms with Crippen molar-refractivity contribution in [2.24, 2.45) is 0 Å². The number of likely N-dealkylation sites (tertiary alicyclic amines) is 1. The Bertz CT molecular complexity index is 1180. The van der Waals surface area contributed by atoms with Crippen LogP contribution in [0.2, 0.25) is 0 Å². The predicted octanol–water partition coefficient (Wildman–Crippen LogP) is 4.68. The summed E-state index contributed by atoms with van der Waals surface area (Å²) in [6, 6.07) is 14.6. The number of carbonyl (C=O) groups is 2. The molecule has 0 radical (unpaired) electrons. The van der Waals surface area contributed by atoms with Gasteiger partial charge in [0.25, 0.3) is 11.7 Å². The summed E-state index contributed by atoms with van der Waals surface area (Å²) in [7, 11) is 3.03. The third-order valence-electron chi connectivity index (χ3n) is 5.29. The maximum atomic E-state index is 13.1. The fourth-order valence-electron chi connectivity index (χ4n) is 3.75. The quantitative estimate of drug-likeness (QED) is 0.302. The van der Waals surface area contributed by atoms with Crippen LogP contribution in [0.15, 0.2) is 75.3 Å².